The van der Waals surface area contributed by atoms with Crippen LogP contribution in [0, 0.1) is 0 Å². The van der Waals surface area contributed by atoms with E-state index in [9.17, 15) is 0 Å². The Morgan fingerprint density at radius 2 is 0.640 bits per heavy atom. The van der Waals surface area contributed by atoms with Gasteiger partial charge in [0.25, 0.3) is 0 Å². The summed E-state index contributed by atoms with van der Waals surface area (Å²) in [6.07, 6.45) is 12.9. The quantitative estimate of drug-likeness (QED) is 0.150. The van der Waals surface area contributed by atoms with Crippen LogP contribution in [0.1, 0.15) is 0 Å². The molecular formula is C20H20Cu2N24O4. The third kappa shape index (κ3) is 14.1. The average Bonchev–Trinajstić information content (AvgIpc) is 3.96. The molecule has 30 heteroatoms. The first-order chi connectivity index (χ1) is 21.9. The minimum absolute atomic E-state index is 0. The third-order valence-electron chi connectivity index (χ3n) is 4.34. The van der Waals surface area contributed by atoms with Crippen molar-refractivity contribution in [2.45, 2.75) is 0 Å². The van der Waals surface area contributed by atoms with Gasteiger partial charge < -0.3 is 42.3 Å². The Labute approximate surface area is 298 Å². The predicted octanol–water partition coefficient (Wildman–Crippen LogP) is -6.16. The van der Waals surface area contributed by atoms with Crippen LogP contribution in [0.2, 0.25) is 0 Å². The minimum atomic E-state index is 0. The first kappa shape index (κ1) is 45.6. The van der Waals surface area contributed by atoms with Crippen LogP contribution in [0.4, 0.5) is 0 Å². The molecule has 0 bridgehead atoms. The van der Waals surface area contributed by atoms with Crippen LogP contribution in [-0.4, -0.2) is 124 Å². The Morgan fingerprint density at radius 3 is 0.880 bits per heavy atom. The first-order valence-corrected chi connectivity index (χ1v) is 11.7. The smallest absolute Gasteiger partial charge is 0.412 e. The molecular weight excluding hydrogens is 767 g/mol. The van der Waals surface area contributed by atoms with E-state index < -0.39 is 0 Å². The van der Waals surface area contributed by atoms with Crippen LogP contribution >= 0.6 is 0 Å². The fraction of sp³-hybridized carbons (Fsp3) is 0. The van der Waals surface area contributed by atoms with E-state index in [0.717, 1.165) is 0 Å². The van der Waals surface area contributed by atoms with Gasteiger partial charge >= 0.3 is 34.1 Å². The van der Waals surface area contributed by atoms with Gasteiger partial charge in [-0.3, -0.25) is 41.5 Å². The molecule has 0 aliphatic heterocycles. The molecule has 2 radical (unpaired) electrons. The van der Waals surface area contributed by atoms with Crippen molar-refractivity contribution in [1.29, 1.82) is 0 Å². The van der Waals surface area contributed by atoms with Gasteiger partial charge in [-0.15, -0.1) is 0 Å². The first-order valence-electron chi connectivity index (χ1n) is 11.7. The summed E-state index contributed by atoms with van der Waals surface area (Å²) in [5, 5.41) is 55.2. The molecule has 8 heterocycles. The Kier molecular flexibility index (Phi) is 23.3. The molecule has 0 atom stereocenters. The van der Waals surface area contributed by atoms with Gasteiger partial charge in [-0.05, 0) is 24.3 Å². The maximum atomic E-state index is 3.91. The molecule has 0 saturated carbocycles. The third-order valence-corrected chi connectivity index (χ3v) is 4.34. The molecule has 0 spiro atoms. The van der Waals surface area contributed by atoms with Gasteiger partial charge in [0, 0.05) is 49.6 Å². The molecule has 8 aromatic rings. The minimum Gasteiger partial charge on any atom is -0.412 e. The summed E-state index contributed by atoms with van der Waals surface area (Å²) in [7, 11) is 0. The van der Waals surface area contributed by atoms with E-state index in [1.54, 1.807) is 73.8 Å². The maximum Gasteiger partial charge on any atom is 2.00 e. The van der Waals surface area contributed by atoms with E-state index in [1.165, 1.54) is 0 Å². The normalized spacial score (nSPS) is 8.64. The van der Waals surface area contributed by atoms with Gasteiger partial charge in [0.1, 0.15) is 11.6 Å². The van der Waals surface area contributed by atoms with Crippen molar-refractivity contribution in [3.63, 3.8) is 0 Å². The second kappa shape index (κ2) is 25.6. The molecule has 8 aromatic heterocycles. The number of tetrazole rings is 4. The van der Waals surface area contributed by atoms with E-state index in [2.05, 4.69) is 122 Å². The number of hydrogen-bond acceptors (Lipinski definition) is 20. The summed E-state index contributed by atoms with van der Waals surface area (Å²) in [5.74, 6) is 3.18. The summed E-state index contributed by atoms with van der Waals surface area (Å²) in [6, 6.07) is 6.86. The summed E-state index contributed by atoms with van der Waals surface area (Å²) in [6.45, 7) is 0. The van der Waals surface area contributed by atoms with Crippen molar-refractivity contribution in [2.75, 3.05) is 0 Å². The number of rotatable bonds is 4. The predicted molar refractivity (Wildman–Crippen MR) is 151 cm³/mol. The molecule has 8 rings (SSSR count). The van der Waals surface area contributed by atoms with Crippen molar-refractivity contribution < 1.29 is 56.0 Å². The Morgan fingerprint density at radius 1 is 0.340 bits per heavy atom. The van der Waals surface area contributed by atoms with Crippen molar-refractivity contribution in [3.05, 3.63) is 73.8 Å². The standard InChI is InChI=1S/4C5H3N6.2Cu.4H2O/c4*1-2-6-4(7-3-1)5-8-10-11-9-5;;;;;;/h4*1-3H;;;4*1H2/q4*-1;2*+2;;;;. The zero-order valence-electron chi connectivity index (χ0n) is 24.3. The summed E-state index contributed by atoms with van der Waals surface area (Å²) in [5.41, 5.74) is 0. The van der Waals surface area contributed by atoms with E-state index >= 15 is 0 Å². The van der Waals surface area contributed by atoms with Crippen molar-refractivity contribution in [3.8, 4) is 46.6 Å². The molecule has 0 fully saturated rings. The molecule has 0 aliphatic carbocycles. The molecule has 0 saturated heterocycles. The largest absolute Gasteiger partial charge is 2.00 e. The Hall–Kier alpha value is -6.52. The van der Waals surface area contributed by atoms with Gasteiger partial charge in [-0.25, -0.2) is 50.1 Å². The van der Waals surface area contributed by atoms with E-state index in [1.807, 2.05) is 0 Å². The average molecular weight is 788 g/mol. The van der Waals surface area contributed by atoms with Crippen LogP contribution in [0.5, 0.6) is 0 Å². The fourth-order valence-electron chi connectivity index (χ4n) is 2.59. The van der Waals surface area contributed by atoms with Crippen molar-refractivity contribution >= 4 is 0 Å². The monoisotopic (exact) mass is 786 g/mol. The molecule has 266 valence electrons. The van der Waals surface area contributed by atoms with Gasteiger partial charge in [0.15, 0.2) is 23.3 Å². The fourth-order valence-corrected chi connectivity index (χ4v) is 2.59. The molecule has 0 amide bonds. The van der Waals surface area contributed by atoms with Crippen LogP contribution < -0.4 is 20.6 Å². The van der Waals surface area contributed by atoms with Gasteiger partial charge in [-0.2, -0.15) is 10.4 Å². The maximum absolute atomic E-state index is 3.91. The molecule has 0 aromatic carbocycles. The Bertz CT molecular complexity index is 1570. The molecule has 0 aliphatic rings. The van der Waals surface area contributed by atoms with Crippen LogP contribution in [-0.2, 0) is 34.1 Å². The summed E-state index contributed by atoms with van der Waals surface area (Å²) in [4.78, 5) is 31.2. The van der Waals surface area contributed by atoms with Crippen LogP contribution in [0.15, 0.2) is 73.8 Å². The van der Waals surface area contributed by atoms with Gasteiger partial charge in [0.2, 0.25) is 0 Å². The van der Waals surface area contributed by atoms with Crippen molar-refractivity contribution in [2.24, 2.45) is 0 Å². The molecule has 8 N–H and O–H groups in total. The number of nitrogens with zero attached hydrogens (tertiary/aromatic N) is 24. The zero-order chi connectivity index (χ0) is 30.1. The van der Waals surface area contributed by atoms with Crippen LogP contribution in [0.25, 0.3) is 46.6 Å². The van der Waals surface area contributed by atoms with Gasteiger partial charge in [0.05, 0.1) is 11.6 Å². The van der Waals surface area contributed by atoms with Crippen LogP contribution in [0.3, 0.4) is 0 Å². The SMILES string of the molecule is O.O.O.O.[Cu+2].[Cu+2].c1cnc(-c2nn[n-]n2)nc1.c1cnc(-c2nn[n-]n2)nc1.c1cnc(-c2nnn[n-]2)nc1.c1cnc(-c2nnn[n-]2)nc1. The molecule has 0 unspecified atom stereocenters. The second-order valence-corrected chi connectivity index (χ2v) is 7.10. The van der Waals surface area contributed by atoms with E-state index in [4.69, 9.17) is 0 Å². The van der Waals surface area contributed by atoms with Crippen molar-refractivity contribution in [1.82, 2.24) is 122 Å². The Balaban J connectivity index is 0. The summed E-state index contributed by atoms with van der Waals surface area (Å²) >= 11 is 0. The summed E-state index contributed by atoms with van der Waals surface area (Å²) < 4.78 is 0. The number of aromatic nitrogens is 24. The second-order valence-electron chi connectivity index (χ2n) is 7.10. The number of hydrogen-bond donors (Lipinski definition) is 0. The van der Waals surface area contributed by atoms with Gasteiger partial charge in [-0.1, -0.05) is 0 Å². The molecule has 50 heavy (non-hydrogen) atoms. The topological polar surface area (TPSA) is 440 Å². The van der Waals surface area contributed by atoms with E-state index in [-0.39, 0.29) is 56.0 Å². The van der Waals surface area contributed by atoms with E-state index in [0.29, 0.717) is 46.6 Å². The molecule has 28 nitrogen and oxygen atoms in total. The zero-order valence-corrected chi connectivity index (χ0v) is 26.1.